The molecule has 0 atom stereocenters. The van der Waals surface area contributed by atoms with E-state index in [1.807, 2.05) is 0 Å². The molecular weight excluding hydrogens is 174 g/mol. The first-order valence-electron chi connectivity index (χ1n) is 3.50. The molecule has 1 amide bonds. The summed E-state index contributed by atoms with van der Waals surface area (Å²) in [4.78, 5) is 11.2. The van der Waals surface area contributed by atoms with Crippen LogP contribution in [0, 0.1) is 0 Å². The van der Waals surface area contributed by atoms with Gasteiger partial charge in [-0.05, 0) is 24.2 Å². The maximum absolute atomic E-state index is 11.2. The van der Waals surface area contributed by atoms with E-state index in [0.29, 0.717) is 5.71 Å². The van der Waals surface area contributed by atoms with E-state index in [1.165, 1.54) is 0 Å². The second kappa shape index (κ2) is 3.65. The predicted octanol–water partition coefficient (Wildman–Crippen LogP) is -0.223. The van der Waals surface area contributed by atoms with Gasteiger partial charge in [0.2, 0.25) is 11.5 Å². The Morgan fingerprint density at radius 3 is 2.69 bits per heavy atom. The Morgan fingerprint density at radius 2 is 2.23 bits per heavy atom. The minimum absolute atomic E-state index is 0.0542. The number of nitrogens with one attached hydrogen (secondary N) is 1. The number of hydrazone groups is 1. The summed E-state index contributed by atoms with van der Waals surface area (Å²) in [6.07, 6.45) is 0. The first-order valence-corrected chi connectivity index (χ1v) is 3.50. The first-order chi connectivity index (χ1) is 6.11. The number of carbonyl (C=O) groups is 1. The lowest BCUT2D eigenvalue weighted by Gasteiger charge is -1.94. The highest BCUT2D eigenvalue weighted by atomic mass is 16.6. The Bertz CT molecular complexity index is 339. The highest BCUT2D eigenvalue weighted by Gasteiger charge is 2.14. The number of carbonyl (C=O) groups excluding carboxylic acids is 1. The molecule has 0 unspecified atom stereocenters. The first kappa shape index (κ1) is 9.17. The molecule has 0 aliphatic rings. The standard InChI is InChI=1S/C6H9N5O2/c1-3(2)8-9-6(12)4-5(7)11-13-10-4/h1-2H3,(H2,7,11)(H,9,12). The zero-order chi connectivity index (χ0) is 9.84. The average molecular weight is 183 g/mol. The highest BCUT2D eigenvalue weighted by molar-refractivity contribution is 5.96. The predicted molar refractivity (Wildman–Crippen MR) is 45.0 cm³/mol. The topological polar surface area (TPSA) is 106 Å². The van der Waals surface area contributed by atoms with Gasteiger partial charge >= 0.3 is 0 Å². The molecule has 0 aliphatic heterocycles. The Hall–Kier alpha value is -1.92. The lowest BCUT2D eigenvalue weighted by Crippen LogP contribution is -2.20. The third kappa shape index (κ3) is 2.26. The van der Waals surface area contributed by atoms with E-state index >= 15 is 0 Å². The molecule has 7 heteroatoms. The second-order valence-corrected chi connectivity index (χ2v) is 2.50. The lowest BCUT2D eigenvalue weighted by molar-refractivity contribution is 0.0945. The van der Waals surface area contributed by atoms with Crippen LogP contribution in [0.1, 0.15) is 24.3 Å². The number of aromatic nitrogens is 2. The van der Waals surface area contributed by atoms with E-state index < -0.39 is 5.91 Å². The van der Waals surface area contributed by atoms with Crippen LogP contribution in [0.25, 0.3) is 0 Å². The molecule has 70 valence electrons. The van der Waals surface area contributed by atoms with Gasteiger partial charge in [-0.2, -0.15) is 5.10 Å². The number of nitrogen functional groups attached to an aromatic ring is 1. The average Bonchev–Trinajstić information content (AvgIpc) is 2.47. The highest BCUT2D eigenvalue weighted by Crippen LogP contribution is 2.02. The van der Waals surface area contributed by atoms with Gasteiger partial charge in [-0.3, -0.25) is 4.79 Å². The van der Waals surface area contributed by atoms with E-state index in [9.17, 15) is 4.79 Å². The summed E-state index contributed by atoms with van der Waals surface area (Å²) >= 11 is 0. The fraction of sp³-hybridized carbons (Fsp3) is 0.333. The number of nitrogens with two attached hydrogens (primary N) is 1. The summed E-state index contributed by atoms with van der Waals surface area (Å²) in [5.41, 5.74) is 8.15. The molecule has 0 aromatic carbocycles. The van der Waals surface area contributed by atoms with Crippen molar-refractivity contribution in [3.8, 4) is 0 Å². The number of rotatable bonds is 2. The van der Waals surface area contributed by atoms with Gasteiger partial charge in [-0.15, -0.1) is 0 Å². The molecule has 1 aromatic rings. The molecular formula is C6H9N5O2. The molecule has 0 aliphatic carbocycles. The summed E-state index contributed by atoms with van der Waals surface area (Å²) in [5.74, 6) is -0.596. The van der Waals surface area contributed by atoms with E-state index in [-0.39, 0.29) is 11.5 Å². The van der Waals surface area contributed by atoms with Crippen molar-refractivity contribution < 1.29 is 9.42 Å². The van der Waals surface area contributed by atoms with Gasteiger partial charge in [0.1, 0.15) is 0 Å². The Morgan fingerprint density at radius 1 is 1.54 bits per heavy atom. The summed E-state index contributed by atoms with van der Waals surface area (Å²) in [5, 5.41) is 10.2. The molecule has 0 spiro atoms. The van der Waals surface area contributed by atoms with Gasteiger partial charge in [0.25, 0.3) is 5.91 Å². The van der Waals surface area contributed by atoms with Crippen LogP contribution in [-0.4, -0.2) is 21.9 Å². The van der Waals surface area contributed by atoms with E-state index in [4.69, 9.17) is 5.73 Å². The third-order valence-corrected chi connectivity index (χ3v) is 1.11. The van der Waals surface area contributed by atoms with Crippen LogP contribution >= 0.6 is 0 Å². The molecule has 1 aromatic heterocycles. The maximum atomic E-state index is 11.2. The van der Waals surface area contributed by atoms with Crippen LogP contribution < -0.4 is 11.2 Å². The van der Waals surface area contributed by atoms with E-state index in [2.05, 4.69) is 25.5 Å². The quantitative estimate of drug-likeness (QED) is 0.486. The van der Waals surface area contributed by atoms with Crippen molar-refractivity contribution in [1.82, 2.24) is 15.7 Å². The Balaban J connectivity index is 2.70. The molecule has 13 heavy (non-hydrogen) atoms. The zero-order valence-electron chi connectivity index (χ0n) is 7.24. The van der Waals surface area contributed by atoms with Crippen molar-refractivity contribution in [3.63, 3.8) is 0 Å². The van der Waals surface area contributed by atoms with Gasteiger partial charge in [0, 0.05) is 5.71 Å². The largest absolute Gasteiger partial charge is 0.379 e. The Labute approximate surface area is 73.9 Å². The molecule has 1 rings (SSSR count). The molecule has 0 fully saturated rings. The fourth-order valence-electron chi connectivity index (χ4n) is 0.569. The minimum atomic E-state index is -0.542. The van der Waals surface area contributed by atoms with Crippen molar-refractivity contribution in [2.24, 2.45) is 5.10 Å². The Kier molecular flexibility index (Phi) is 2.58. The van der Waals surface area contributed by atoms with Crippen LogP contribution in [-0.2, 0) is 0 Å². The van der Waals surface area contributed by atoms with Crippen molar-refractivity contribution >= 4 is 17.4 Å². The zero-order valence-corrected chi connectivity index (χ0v) is 7.24. The number of anilines is 1. The van der Waals surface area contributed by atoms with Crippen LogP contribution in [0.15, 0.2) is 9.73 Å². The van der Waals surface area contributed by atoms with Crippen LogP contribution in [0.4, 0.5) is 5.82 Å². The third-order valence-electron chi connectivity index (χ3n) is 1.11. The van der Waals surface area contributed by atoms with Gasteiger partial charge in [0.15, 0.2) is 0 Å². The van der Waals surface area contributed by atoms with Crippen LogP contribution in [0.3, 0.4) is 0 Å². The van der Waals surface area contributed by atoms with Gasteiger partial charge in [-0.1, -0.05) is 0 Å². The summed E-state index contributed by atoms with van der Waals surface area (Å²) in [6.45, 7) is 3.48. The smallest absolute Gasteiger partial charge is 0.297 e. The van der Waals surface area contributed by atoms with Crippen molar-refractivity contribution in [3.05, 3.63) is 5.69 Å². The number of nitrogens with zero attached hydrogens (tertiary/aromatic N) is 3. The van der Waals surface area contributed by atoms with E-state index in [1.54, 1.807) is 13.8 Å². The number of hydrogen-bond acceptors (Lipinski definition) is 6. The number of amides is 1. The summed E-state index contributed by atoms with van der Waals surface area (Å²) in [6, 6.07) is 0. The van der Waals surface area contributed by atoms with Gasteiger partial charge in [0.05, 0.1) is 0 Å². The van der Waals surface area contributed by atoms with Crippen molar-refractivity contribution in [1.29, 1.82) is 0 Å². The molecule has 7 nitrogen and oxygen atoms in total. The molecule has 0 saturated heterocycles. The van der Waals surface area contributed by atoms with Crippen LogP contribution in [0.5, 0.6) is 0 Å². The maximum Gasteiger partial charge on any atom is 0.297 e. The monoisotopic (exact) mass is 183 g/mol. The number of hydrogen-bond donors (Lipinski definition) is 2. The van der Waals surface area contributed by atoms with E-state index in [0.717, 1.165) is 0 Å². The molecule has 3 N–H and O–H groups in total. The fourth-order valence-corrected chi connectivity index (χ4v) is 0.569. The summed E-state index contributed by atoms with van der Waals surface area (Å²) in [7, 11) is 0. The van der Waals surface area contributed by atoms with Crippen molar-refractivity contribution in [2.45, 2.75) is 13.8 Å². The normalized spacial score (nSPS) is 9.38. The van der Waals surface area contributed by atoms with Crippen molar-refractivity contribution in [2.75, 3.05) is 5.73 Å². The summed E-state index contributed by atoms with van der Waals surface area (Å²) < 4.78 is 4.24. The molecule has 0 saturated carbocycles. The van der Waals surface area contributed by atoms with Gasteiger partial charge < -0.3 is 5.73 Å². The minimum Gasteiger partial charge on any atom is -0.379 e. The van der Waals surface area contributed by atoms with Crippen LogP contribution in [0.2, 0.25) is 0 Å². The van der Waals surface area contributed by atoms with Gasteiger partial charge in [-0.25, -0.2) is 10.1 Å². The lowest BCUT2D eigenvalue weighted by atomic mass is 10.4. The second-order valence-electron chi connectivity index (χ2n) is 2.50. The molecule has 0 bridgehead atoms. The molecule has 1 heterocycles. The molecule has 0 radical (unpaired) electrons. The SMILES string of the molecule is CC(C)=NNC(=O)c1nonc1N.